The van der Waals surface area contributed by atoms with Crippen molar-refractivity contribution < 1.29 is 33.4 Å². The molecule has 8 nitrogen and oxygen atoms in total. The molecular formula is C26H19FN2O6S. The molecule has 0 unspecified atom stereocenters. The molecule has 1 saturated heterocycles. The topological polar surface area (TPSA) is 105 Å². The molecule has 3 aromatic carbocycles. The molecule has 1 heterocycles. The van der Waals surface area contributed by atoms with Crippen LogP contribution >= 0.6 is 12.2 Å². The lowest BCUT2D eigenvalue weighted by Gasteiger charge is -2.29. The maximum absolute atomic E-state index is 13.4. The fourth-order valence-electron chi connectivity index (χ4n) is 3.52. The van der Waals surface area contributed by atoms with E-state index in [9.17, 15) is 23.9 Å². The van der Waals surface area contributed by atoms with Crippen LogP contribution in [0.3, 0.4) is 0 Å². The number of hydrogen-bond acceptors (Lipinski definition) is 6. The van der Waals surface area contributed by atoms with Crippen molar-refractivity contribution in [1.82, 2.24) is 5.32 Å². The predicted molar refractivity (Wildman–Crippen MR) is 133 cm³/mol. The van der Waals surface area contributed by atoms with Crippen molar-refractivity contribution in [3.8, 4) is 11.5 Å². The van der Waals surface area contributed by atoms with Gasteiger partial charge in [-0.25, -0.2) is 9.18 Å². The van der Waals surface area contributed by atoms with E-state index in [0.717, 1.165) is 4.90 Å². The van der Waals surface area contributed by atoms with Gasteiger partial charge in [0, 0.05) is 0 Å². The Balaban J connectivity index is 1.61. The molecule has 36 heavy (non-hydrogen) atoms. The summed E-state index contributed by atoms with van der Waals surface area (Å²) in [6.45, 7) is 0.108. The van der Waals surface area contributed by atoms with Crippen LogP contribution in [-0.4, -0.2) is 35.1 Å². The normalized spacial score (nSPS) is 14.6. The molecule has 1 aliphatic rings. The molecule has 0 radical (unpaired) electrons. The van der Waals surface area contributed by atoms with E-state index in [2.05, 4.69) is 5.32 Å². The minimum atomic E-state index is -1.17. The number of amides is 2. The molecule has 2 amide bonds. The molecule has 10 heteroatoms. The Bertz CT molecular complexity index is 1420. The number of thiocarbonyl (C=S) groups is 1. The third-order valence-electron chi connectivity index (χ3n) is 5.24. The van der Waals surface area contributed by atoms with Gasteiger partial charge in [0.15, 0.2) is 16.6 Å². The van der Waals surface area contributed by atoms with Gasteiger partial charge in [-0.3, -0.25) is 19.8 Å². The lowest BCUT2D eigenvalue weighted by molar-refractivity contribution is -0.122. The first-order chi connectivity index (χ1) is 17.3. The van der Waals surface area contributed by atoms with E-state index in [0.29, 0.717) is 22.6 Å². The molecule has 0 atom stereocenters. The molecular weight excluding hydrogens is 487 g/mol. The Kier molecular flexibility index (Phi) is 7.07. The molecule has 1 fully saturated rings. The van der Waals surface area contributed by atoms with Gasteiger partial charge in [-0.1, -0.05) is 24.3 Å². The molecule has 0 aliphatic carbocycles. The van der Waals surface area contributed by atoms with Gasteiger partial charge in [0.2, 0.25) is 0 Å². The molecule has 4 rings (SSSR count). The van der Waals surface area contributed by atoms with E-state index in [-0.39, 0.29) is 34.4 Å². The Morgan fingerprint density at radius 2 is 1.86 bits per heavy atom. The lowest BCUT2D eigenvalue weighted by Crippen LogP contribution is -2.54. The quantitative estimate of drug-likeness (QED) is 0.284. The van der Waals surface area contributed by atoms with Crippen LogP contribution in [0.15, 0.2) is 72.3 Å². The number of nitrogens with zero attached hydrogens (tertiary/aromatic N) is 1. The maximum atomic E-state index is 13.4. The smallest absolute Gasteiger partial charge is 0.335 e. The third-order valence-corrected chi connectivity index (χ3v) is 5.52. The highest BCUT2D eigenvalue weighted by atomic mass is 32.1. The number of carbonyl (C=O) groups is 3. The van der Waals surface area contributed by atoms with Gasteiger partial charge in [0.1, 0.15) is 18.0 Å². The number of methoxy groups -OCH3 is 1. The van der Waals surface area contributed by atoms with E-state index < -0.39 is 17.8 Å². The summed E-state index contributed by atoms with van der Waals surface area (Å²) in [4.78, 5) is 38.2. The van der Waals surface area contributed by atoms with Crippen molar-refractivity contribution in [2.24, 2.45) is 0 Å². The van der Waals surface area contributed by atoms with Crippen LogP contribution in [0.5, 0.6) is 11.5 Å². The average molecular weight is 507 g/mol. The van der Waals surface area contributed by atoms with Crippen LogP contribution in [0.2, 0.25) is 0 Å². The standard InChI is InChI=1S/C26H19FN2O6S/c1-34-22-12-15(8-9-21(22)35-14-16-4-2-6-18(27)10-16)11-20-23(30)28-26(36)29(24(20)31)19-7-3-5-17(13-19)25(32)33/h2-13H,14H2,1H3,(H,32,33)(H,28,30,36). The van der Waals surface area contributed by atoms with E-state index in [4.69, 9.17) is 21.7 Å². The fraction of sp³-hybridized carbons (Fsp3) is 0.0769. The molecule has 182 valence electrons. The van der Waals surface area contributed by atoms with Gasteiger partial charge >= 0.3 is 5.97 Å². The molecule has 0 bridgehead atoms. The minimum Gasteiger partial charge on any atom is -0.493 e. The zero-order valence-corrected chi connectivity index (χ0v) is 19.7. The highest BCUT2D eigenvalue weighted by molar-refractivity contribution is 7.80. The number of ether oxygens (including phenoxy) is 2. The number of anilines is 1. The second kappa shape index (κ2) is 10.4. The van der Waals surface area contributed by atoms with Crippen molar-refractivity contribution in [3.63, 3.8) is 0 Å². The van der Waals surface area contributed by atoms with Gasteiger partial charge in [0.05, 0.1) is 18.4 Å². The number of carboxylic acid groups (broad SMARTS) is 1. The SMILES string of the molecule is COc1cc(C=C2C(=O)NC(=S)N(c3cccc(C(=O)O)c3)C2=O)ccc1OCc1cccc(F)c1. The fourth-order valence-corrected chi connectivity index (χ4v) is 3.80. The number of nitrogens with one attached hydrogen (secondary N) is 1. The first-order valence-electron chi connectivity index (χ1n) is 10.6. The second-order valence-electron chi connectivity index (χ2n) is 7.64. The van der Waals surface area contributed by atoms with E-state index >= 15 is 0 Å². The number of benzene rings is 3. The van der Waals surface area contributed by atoms with Crippen LogP contribution in [0.4, 0.5) is 10.1 Å². The van der Waals surface area contributed by atoms with Crippen LogP contribution < -0.4 is 19.7 Å². The highest BCUT2D eigenvalue weighted by Gasteiger charge is 2.34. The van der Waals surface area contributed by atoms with Crippen molar-refractivity contribution in [1.29, 1.82) is 0 Å². The monoisotopic (exact) mass is 506 g/mol. The Morgan fingerprint density at radius 1 is 1.08 bits per heavy atom. The Morgan fingerprint density at radius 3 is 2.58 bits per heavy atom. The summed E-state index contributed by atoms with van der Waals surface area (Å²) in [5.41, 5.74) is 1.06. The van der Waals surface area contributed by atoms with Crippen molar-refractivity contribution >= 4 is 46.9 Å². The summed E-state index contributed by atoms with van der Waals surface area (Å²) in [6.07, 6.45) is 1.37. The van der Waals surface area contributed by atoms with Gasteiger partial charge in [-0.15, -0.1) is 0 Å². The third kappa shape index (κ3) is 5.23. The Labute approximate surface area is 210 Å². The van der Waals surface area contributed by atoms with E-state index in [1.54, 1.807) is 30.3 Å². The summed E-state index contributed by atoms with van der Waals surface area (Å²) in [7, 11) is 1.44. The molecule has 0 saturated carbocycles. The Hall–Kier alpha value is -4.57. The minimum absolute atomic E-state index is 0.0379. The van der Waals surface area contributed by atoms with Crippen LogP contribution in [0.1, 0.15) is 21.5 Å². The first-order valence-corrected chi connectivity index (χ1v) is 11.0. The second-order valence-corrected chi connectivity index (χ2v) is 8.03. The molecule has 1 aliphatic heterocycles. The zero-order valence-electron chi connectivity index (χ0n) is 18.9. The number of carboxylic acids is 1. The van der Waals surface area contributed by atoms with Crippen molar-refractivity contribution in [2.75, 3.05) is 12.0 Å². The van der Waals surface area contributed by atoms with Crippen molar-refractivity contribution in [3.05, 3.63) is 94.8 Å². The van der Waals surface area contributed by atoms with Gasteiger partial charge < -0.3 is 14.6 Å². The maximum Gasteiger partial charge on any atom is 0.335 e. The number of aromatic carboxylic acids is 1. The zero-order chi connectivity index (χ0) is 25.8. The molecule has 2 N–H and O–H groups in total. The predicted octanol–water partition coefficient (Wildman–Crippen LogP) is 3.94. The largest absolute Gasteiger partial charge is 0.493 e. The van der Waals surface area contributed by atoms with Gasteiger partial charge in [-0.2, -0.15) is 0 Å². The summed E-state index contributed by atoms with van der Waals surface area (Å²) < 4.78 is 24.5. The number of hydrogen-bond donors (Lipinski definition) is 2. The van der Waals surface area contributed by atoms with Crippen LogP contribution in [-0.2, 0) is 16.2 Å². The molecule has 0 spiro atoms. The number of halogens is 1. The van der Waals surface area contributed by atoms with E-state index in [1.807, 2.05) is 0 Å². The number of carbonyl (C=O) groups excluding carboxylic acids is 2. The van der Waals surface area contributed by atoms with Gasteiger partial charge in [0.25, 0.3) is 11.8 Å². The van der Waals surface area contributed by atoms with Gasteiger partial charge in [-0.05, 0) is 71.9 Å². The number of rotatable bonds is 7. The highest BCUT2D eigenvalue weighted by Crippen LogP contribution is 2.30. The van der Waals surface area contributed by atoms with Crippen LogP contribution in [0, 0.1) is 5.82 Å². The lowest BCUT2D eigenvalue weighted by atomic mass is 10.1. The molecule has 3 aromatic rings. The molecule has 0 aromatic heterocycles. The van der Waals surface area contributed by atoms with Crippen LogP contribution in [0.25, 0.3) is 6.08 Å². The first kappa shape index (κ1) is 24.6. The average Bonchev–Trinajstić information content (AvgIpc) is 2.85. The summed E-state index contributed by atoms with van der Waals surface area (Å²) >= 11 is 5.16. The summed E-state index contributed by atoms with van der Waals surface area (Å²) in [6, 6.07) is 16.5. The van der Waals surface area contributed by atoms with E-state index in [1.165, 1.54) is 49.6 Å². The van der Waals surface area contributed by atoms with Crippen molar-refractivity contribution in [2.45, 2.75) is 6.61 Å². The summed E-state index contributed by atoms with van der Waals surface area (Å²) in [5.74, 6) is -2.22. The summed E-state index contributed by atoms with van der Waals surface area (Å²) in [5, 5.41) is 11.6.